The van der Waals surface area contributed by atoms with Gasteiger partial charge in [0.2, 0.25) is 11.8 Å². The van der Waals surface area contributed by atoms with Crippen molar-refractivity contribution in [2.75, 3.05) is 51.0 Å². The SMILES string of the molecule is CNc1ncc([N+](=O)[O-])c(N(C)CC2CCN(C)CC2)n1. The summed E-state index contributed by atoms with van der Waals surface area (Å²) in [6, 6.07) is 0. The van der Waals surface area contributed by atoms with Crippen molar-refractivity contribution in [3.8, 4) is 0 Å². The highest BCUT2D eigenvalue weighted by Crippen LogP contribution is 2.27. The molecule has 8 heteroatoms. The topological polar surface area (TPSA) is 87.4 Å². The van der Waals surface area contributed by atoms with Crippen LogP contribution in [-0.4, -0.2) is 60.6 Å². The van der Waals surface area contributed by atoms with Crippen LogP contribution >= 0.6 is 0 Å². The number of rotatable bonds is 5. The Balaban J connectivity index is 2.13. The molecule has 0 unspecified atom stereocenters. The van der Waals surface area contributed by atoms with E-state index in [1.54, 1.807) is 7.05 Å². The summed E-state index contributed by atoms with van der Waals surface area (Å²) in [5, 5.41) is 14.0. The van der Waals surface area contributed by atoms with Gasteiger partial charge in [-0.15, -0.1) is 0 Å². The van der Waals surface area contributed by atoms with Crippen LogP contribution in [0.15, 0.2) is 6.20 Å². The number of likely N-dealkylation sites (tertiary alicyclic amines) is 1. The molecule has 8 nitrogen and oxygen atoms in total. The van der Waals surface area contributed by atoms with E-state index in [-0.39, 0.29) is 5.69 Å². The van der Waals surface area contributed by atoms with Gasteiger partial charge < -0.3 is 15.1 Å². The number of anilines is 2. The molecule has 1 fully saturated rings. The zero-order valence-electron chi connectivity index (χ0n) is 12.7. The molecular weight excluding hydrogens is 272 g/mol. The largest absolute Gasteiger partial charge is 0.357 e. The smallest absolute Gasteiger partial charge is 0.329 e. The molecule has 2 rings (SSSR count). The molecule has 0 saturated carbocycles. The third-order valence-electron chi connectivity index (χ3n) is 3.90. The fourth-order valence-electron chi connectivity index (χ4n) is 2.62. The van der Waals surface area contributed by atoms with Gasteiger partial charge in [0, 0.05) is 20.6 Å². The summed E-state index contributed by atoms with van der Waals surface area (Å²) in [6.07, 6.45) is 3.48. The maximum absolute atomic E-state index is 11.1. The van der Waals surface area contributed by atoms with Crippen molar-refractivity contribution < 1.29 is 4.92 Å². The summed E-state index contributed by atoms with van der Waals surface area (Å²) in [7, 11) is 5.67. The Morgan fingerprint density at radius 1 is 1.52 bits per heavy atom. The van der Waals surface area contributed by atoms with E-state index in [4.69, 9.17) is 0 Å². The standard InChI is InChI=1S/C13H22N6O2/c1-14-13-15-8-11(19(20)21)12(16-13)18(3)9-10-4-6-17(2)7-5-10/h8,10H,4-7,9H2,1-3H3,(H,14,15,16). The Bertz CT molecular complexity index is 501. The van der Waals surface area contributed by atoms with Crippen LogP contribution in [0.2, 0.25) is 0 Å². The molecule has 1 saturated heterocycles. The van der Waals surface area contributed by atoms with Gasteiger partial charge in [0.15, 0.2) is 0 Å². The zero-order chi connectivity index (χ0) is 15.4. The minimum atomic E-state index is -0.431. The van der Waals surface area contributed by atoms with Gasteiger partial charge in [0.05, 0.1) is 4.92 Å². The number of piperidine rings is 1. The molecule has 1 aliphatic rings. The van der Waals surface area contributed by atoms with Crippen LogP contribution in [0.25, 0.3) is 0 Å². The molecule has 1 aromatic heterocycles. The summed E-state index contributed by atoms with van der Waals surface area (Å²) in [4.78, 5) is 23.0. The number of hydrogen-bond donors (Lipinski definition) is 1. The molecule has 0 atom stereocenters. The second-order valence-corrected chi connectivity index (χ2v) is 5.54. The number of nitrogens with one attached hydrogen (secondary N) is 1. The first-order chi connectivity index (χ1) is 10.0. The minimum absolute atomic E-state index is 0.0515. The molecule has 0 spiro atoms. The van der Waals surface area contributed by atoms with Crippen LogP contribution in [0.4, 0.5) is 17.5 Å². The van der Waals surface area contributed by atoms with Crippen LogP contribution in [0.5, 0.6) is 0 Å². The average molecular weight is 294 g/mol. The van der Waals surface area contributed by atoms with Crippen LogP contribution in [0, 0.1) is 16.0 Å². The molecule has 1 aromatic rings. The van der Waals surface area contributed by atoms with E-state index < -0.39 is 4.92 Å². The van der Waals surface area contributed by atoms with Gasteiger partial charge in [-0.1, -0.05) is 0 Å². The fourth-order valence-corrected chi connectivity index (χ4v) is 2.62. The third-order valence-corrected chi connectivity index (χ3v) is 3.90. The molecule has 116 valence electrons. The van der Waals surface area contributed by atoms with Gasteiger partial charge in [-0.05, 0) is 38.9 Å². The van der Waals surface area contributed by atoms with E-state index in [0.717, 1.165) is 32.5 Å². The lowest BCUT2D eigenvalue weighted by Gasteiger charge is -2.31. The number of hydrogen-bond acceptors (Lipinski definition) is 7. The predicted molar refractivity (Wildman–Crippen MR) is 81.7 cm³/mol. The Kier molecular flexibility index (Phi) is 4.89. The van der Waals surface area contributed by atoms with Crippen molar-refractivity contribution in [1.29, 1.82) is 0 Å². The lowest BCUT2D eigenvalue weighted by Crippen LogP contribution is -2.36. The summed E-state index contributed by atoms with van der Waals surface area (Å²) in [5.74, 6) is 1.31. The maximum Gasteiger partial charge on any atom is 0.329 e. The summed E-state index contributed by atoms with van der Waals surface area (Å²) in [5.41, 5.74) is -0.0515. The molecule has 2 heterocycles. The van der Waals surface area contributed by atoms with E-state index in [9.17, 15) is 10.1 Å². The van der Waals surface area contributed by atoms with Crippen molar-refractivity contribution in [2.24, 2.45) is 5.92 Å². The molecule has 0 radical (unpaired) electrons. The van der Waals surface area contributed by atoms with Crippen LogP contribution < -0.4 is 10.2 Å². The summed E-state index contributed by atoms with van der Waals surface area (Å²) in [6.45, 7) is 2.92. The van der Waals surface area contributed by atoms with Crippen molar-refractivity contribution in [2.45, 2.75) is 12.8 Å². The summed E-state index contributed by atoms with van der Waals surface area (Å²) >= 11 is 0. The van der Waals surface area contributed by atoms with E-state index in [0.29, 0.717) is 17.7 Å². The van der Waals surface area contributed by atoms with Crippen molar-refractivity contribution in [1.82, 2.24) is 14.9 Å². The molecule has 0 aromatic carbocycles. The highest BCUT2D eigenvalue weighted by Gasteiger charge is 2.24. The predicted octanol–water partition coefficient (Wildman–Crippen LogP) is 1.20. The summed E-state index contributed by atoms with van der Waals surface area (Å²) < 4.78 is 0. The second-order valence-electron chi connectivity index (χ2n) is 5.54. The van der Waals surface area contributed by atoms with Crippen LogP contribution in [0.3, 0.4) is 0 Å². The van der Waals surface area contributed by atoms with Gasteiger partial charge in [-0.25, -0.2) is 4.98 Å². The number of nitrogens with zero attached hydrogens (tertiary/aromatic N) is 5. The van der Waals surface area contributed by atoms with Crippen molar-refractivity contribution in [3.05, 3.63) is 16.3 Å². The first-order valence-electron chi connectivity index (χ1n) is 7.10. The van der Waals surface area contributed by atoms with Gasteiger partial charge in [0.1, 0.15) is 6.20 Å². The Hall–Kier alpha value is -1.96. The van der Waals surface area contributed by atoms with E-state index in [1.165, 1.54) is 6.20 Å². The van der Waals surface area contributed by atoms with E-state index in [2.05, 4.69) is 27.2 Å². The monoisotopic (exact) mass is 294 g/mol. The van der Waals surface area contributed by atoms with E-state index in [1.807, 2.05) is 11.9 Å². The molecular formula is C13H22N6O2. The first kappa shape index (κ1) is 15.4. The van der Waals surface area contributed by atoms with Crippen LogP contribution in [-0.2, 0) is 0 Å². The second kappa shape index (κ2) is 6.66. The van der Waals surface area contributed by atoms with Gasteiger partial charge >= 0.3 is 5.69 Å². The molecule has 21 heavy (non-hydrogen) atoms. The van der Waals surface area contributed by atoms with E-state index >= 15 is 0 Å². The molecule has 0 aliphatic carbocycles. The van der Waals surface area contributed by atoms with Crippen molar-refractivity contribution in [3.63, 3.8) is 0 Å². The minimum Gasteiger partial charge on any atom is -0.357 e. The molecule has 0 amide bonds. The third kappa shape index (κ3) is 3.78. The van der Waals surface area contributed by atoms with Crippen molar-refractivity contribution >= 4 is 17.5 Å². The molecule has 1 N–H and O–H groups in total. The lowest BCUT2D eigenvalue weighted by molar-refractivity contribution is -0.384. The number of nitro groups is 1. The Morgan fingerprint density at radius 2 is 2.19 bits per heavy atom. The highest BCUT2D eigenvalue weighted by molar-refractivity contribution is 5.58. The molecule has 1 aliphatic heterocycles. The van der Waals surface area contributed by atoms with Gasteiger partial charge in [-0.2, -0.15) is 4.98 Å². The Morgan fingerprint density at radius 3 is 2.76 bits per heavy atom. The highest BCUT2D eigenvalue weighted by atomic mass is 16.6. The first-order valence-corrected chi connectivity index (χ1v) is 7.10. The average Bonchev–Trinajstić information content (AvgIpc) is 2.48. The molecule has 0 bridgehead atoms. The fraction of sp³-hybridized carbons (Fsp3) is 0.692. The lowest BCUT2D eigenvalue weighted by atomic mass is 9.97. The normalized spacial score (nSPS) is 16.7. The maximum atomic E-state index is 11.1. The zero-order valence-corrected chi connectivity index (χ0v) is 12.7. The van der Waals surface area contributed by atoms with Crippen LogP contribution in [0.1, 0.15) is 12.8 Å². The number of aromatic nitrogens is 2. The quantitative estimate of drug-likeness (QED) is 0.645. The van der Waals surface area contributed by atoms with Gasteiger partial charge in [0.25, 0.3) is 0 Å². The Labute approximate surface area is 124 Å². The van der Waals surface area contributed by atoms with Gasteiger partial charge in [-0.3, -0.25) is 10.1 Å².